The lowest BCUT2D eigenvalue weighted by atomic mass is 9.82. The normalized spacial score (nSPS) is 28.4. The van der Waals surface area contributed by atoms with Crippen LogP contribution >= 0.6 is 0 Å². The molecule has 0 radical (unpaired) electrons. The highest BCUT2D eigenvalue weighted by Crippen LogP contribution is 2.25. The van der Waals surface area contributed by atoms with Crippen LogP contribution < -0.4 is 10.6 Å². The molecule has 2 aliphatic rings. The summed E-state index contributed by atoms with van der Waals surface area (Å²) in [6, 6.07) is 0. The van der Waals surface area contributed by atoms with Crippen LogP contribution in [0.2, 0.25) is 0 Å². The van der Waals surface area contributed by atoms with Gasteiger partial charge in [-0.3, -0.25) is 4.79 Å². The Balaban J connectivity index is 1.78. The largest absolute Gasteiger partial charge is 0.355 e. The van der Waals surface area contributed by atoms with E-state index in [4.69, 9.17) is 0 Å². The number of hydrogen-bond donors (Lipinski definition) is 2. The van der Waals surface area contributed by atoms with Crippen molar-refractivity contribution in [2.75, 3.05) is 38.5 Å². The van der Waals surface area contributed by atoms with Gasteiger partial charge in [-0.15, -0.1) is 0 Å². The van der Waals surface area contributed by atoms with Crippen molar-refractivity contribution < 1.29 is 13.2 Å². The van der Waals surface area contributed by atoms with Gasteiger partial charge in [0.2, 0.25) is 15.9 Å². The molecule has 1 atom stereocenters. The molecule has 2 aliphatic heterocycles. The van der Waals surface area contributed by atoms with Crippen LogP contribution in [-0.2, 0) is 14.8 Å². The van der Waals surface area contributed by atoms with E-state index in [9.17, 15) is 13.2 Å². The lowest BCUT2D eigenvalue weighted by molar-refractivity contribution is -0.130. The van der Waals surface area contributed by atoms with E-state index in [0.717, 1.165) is 32.2 Å². The van der Waals surface area contributed by atoms with Gasteiger partial charge in [0, 0.05) is 26.2 Å². The minimum Gasteiger partial charge on any atom is -0.355 e. The third-order valence-corrected chi connectivity index (χ3v) is 6.12. The zero-order valence-electron chi connectivity index (χ0n) is 12.2. The SMILES string of the molecule is CC1(C(=O)NCCS(=O)(=O)N2CCCC2)CCCNC1. The first-order valence-electron chi connectivity index (χ1n) is 7.41. The molecule has 2 heterocycles. The number of carbonyl (C=O) groups is 1. The number of carbonyl (C=O) groups excluding carboxylic acids is 1. The maximum atomic E-state index is 12.2. The molecule has 0 aliphatic carbocycles. The first kappa shape index (κ1) is 15.7. The molecule has 116 valence electrons. The Morgan fingerprint density at radius 2 is 2.00 bits per heavy atom. The molecule has 2 N–H and O–H groups in total. The standard InChI is InChI=1S/C13H25N3O3S/c1-13(5-4-6-14-11-13)12(17)15-7-10-20(18,19)16-8-2-3-9-16/h14H,2-11H2,1H3,(H,15,17). The molecular weight excluding hydrogens is 278 g/mol. The lowest BCUT2D eigenvalue weighted by Crippen LogP contribution is -2.49. The number of amides is 1. The summed E-state index contributed by atoms with van der Waals surface area (Å²) in [5, 5.41) is 6.01. The molecule has 2 fully saturated rings. The van der Waals surface area contributed by atoms with Gasteiger partial charge in [-0.2, -0.15) is 0 Å². The van der Waals surface area contributed by atoms with Gasteiger partial charge in [0.05, 0.1) is 11.2 Å². The predicted octanol–water partition coefficient (Wildman–Crippen LogP) is -0.0821. The zero-order chi connectivity index (χ0) is 14.6. The van der Waals surface area contributed by atoms with E-state index in [-0.39, 0.29) is 18.2 Å². The molecule has 0 aromatic carbocycles. The third kappa shape index (κ3) is 3.71. The average Bonchev–Trinajstić information content (AvgIpc) is 2.94. The van der Waals surface area contributed by atoms with Crippen molar-refractivity contribution in [1.82, 2.24) is 14.9 Å². The Morgan fingerprint density at radius 1 is 1.30 bits per heavy atom. The van der Waals surface area contributed by atoms with Gasteiger partial charge >= 0.3 is 0 Å². The van der Waals surface area contributed by atoms with Gasteiger partial charge < -0.3 is 10.6 Å². The second-order valence-electron chi connectivity index (χ2n) is 6.02. The summed E-state index contributed by atoms with van der Waals surface area (Å²) in [7, 11) is -3.20. The fourth-order valence-corrected chi connectivity index (χ4v) is 4.29. The van der Waals surface area contributed by atoms with Gasteiger partial charge in [0.25, 0.3) is 0 Å². The molecule has 0 bridgehead atoms. The Labute approximate surface area is 121 Å². The van der Waals surface area contributed by atoms with Gasteiger partial charge in [-0.1, -0.05) is 0 Å². The second kappa shape index (κ2) is 6.41. The van der Waals surface area contributed by atoms with Crippen molar-refractivity contribution in [2.24, 2.45) is 5.41 Å². The summed E-state index contributed by atoms with van der Waals surface area (Å²) in [6.45, 7) is 5.00. The minimum atomic E-state index is -3.20. The third-order valence-electron chi connectivity index (χ3n) is 4.25. The minimum absolute atomic E-state index is 0.00223. The van der Waals surface area contributed by atoms with Crippen LogP contribution in [0.15, 0.2) is 0 Å². The Hall–Kier alpha value is -0.660. The van der Waals surface area contributed by atoms with E-state index in [1.807, 2.05) is 6.92 Å². The van der Waals surface area contributed by atoms with Crippen molar-refractivity contribution in [3.05, 3.63) is 0 Å². The van der Waals surface area contributed by atoms with Gasteiger partial charge in [0.15, 0.2) is 0 Å². The maximum Gasteiger partial charge on any atom is 0.227 e. The highest BCUT2D eigenvalue weighted by atomic mass is 32.2. The highest BCUT2D eigenvalue weighted by Gasteiger charge is 2.34. The molecule has 2 rings (SSSR count). The van der Waals surface area contributed by atoms with E-state index >= 15 is 0 Å². The van der Waals surface area contributed by atoms with Crippen LogP contribution in [-0.4, -0.2) is 57.1 Å². The predicted molar refractivity (Wildman–Crippen MR) is 77.8 cm³/mol. The van der Waals surface area contributed by atoms with Crippen molar-refractivity contribution in [2.45, 2.75) is 32.6 Å². The fraction of sp³-hybridized carbons (Fsp3) is 0.923. The lowest BCUT2D eigenvalue weighted by Gasteiger charge is -2.32. The number of hydrogen-bond acceptors (Lipinski definition) is 4. The number of nitrogens with one attached hydrogen (secondary N) is 2. The van der Waals surface area contributed by atoms with Crippen molar-refractivity contribution >= 4 is 15.9 Å². The van der Waals surface area contributed by atoms with Crippen molar-refractivity contribution in [3.63, 3.8) is 0 Å². The summed E-state index contributed by atoms with van der Waals surface area (Å²) in [5.41, 5.74) is -0.407. The number of sulfonamides is 1. The van der Waals surface area contributed by atoms with Crippen LogP contribution in [0.3, 0.4) is 0 Å². The van der Waals surface area contributed by atoms with E-state index in [1.165, 1.54) is 4.31 Å². The monoisotopic (exact) mass is 303 g/mol. The molecule has 7 heteroatoms. The van der Waals surface area contributed by atoms with E-state index in [0.29, 0.717) is 19.6 Å². The Bertz CT molecular complexity index is 438. The summed E-state index contributed by atoms with van der Waals surface area (Å²) in [4.78, 5) is 12.2. The molecule has 0 saturated carbocycles. The quantitative estimate of drug-likeness (QED) is 0.744. The van der Waals surface area contributed by atoms with E-state index in [2.05, 4.69) is 10.6 Å². The van der Waals surface area contributed by atoms with E-state index < -0.39 is 15.4 Å². The van der Waals surface area contributed by atoms with Gasteiger partial charge in [-0.25, -0.2) is 12.7 Å². The van der Waals surface area contributed by atoms with Crippen LogP contribution in [0, 0.1) is 5.41 Å². The molecule has 0 spiro atoms. The van der Waals surface area contributed by atoms with E-state index in [1.54, 1.807) is 0 Å². The van der Waals surface area contributed by atoms with Crippen LogP contribution in [0.4, 0.5) is 0 Å². The van der Waals surface area contributed by atoms with Gasteiger partial charge in [0.1, 0.15) is 0 Å². The highest BCUT2D eigenvalue weighted by molar-refractivity contribution is 7.89. The summed E-state index contributed by atoms with van der Waals surface area (Å²) in [6.07, 6.45) is 3.71. The first-order chi connectivity index (χ1) is 9.44. The molecule has 1 unspecified atom stereocenters. The number of nitrogens with zero attached hydrogens (tertiary/aromatic N) is 1. The molecule has 0 aromatic heterocycles. The maximum absolute atomic E-state index is 12.2. The fourth-order valence-electron chi connectivity index (χ4n) is 2.85. The van der Waals surface area contributed by atoms with Crippen LogP contribution in [0.5, 0.6) is 0 Å². The molecular formula is C13H25N3O3S. The number of rotatable bonds is 5. The first-order valence-corrected chi connectivity index (χ1v) is 9.02. The second-order valence-corrected chi connectivity index (χ2v) is 8.11. The van der Waals surface area contributed by atoms with Crippen molar-refractivity contribution in [3.8, 4) is 0 Å². The molecule has 0 aromatic rings. The topological polar surface area (TPSA) is 78.5 Å². The summed E-state index contributed by atoms with van der Waals surface area (Å²) in [5.74, 6) is -0.0382. The summed E-state index contributed by atoms with van der Waals surface area (Å²) >= 11 is 0. The average molecular weight is 303 g/mol. The molecule has 20 heavy (non-hydrogen) atoms. The Morgan fingerprint density at radius 3 is 2.60 bits per heavy atom. The smallest absolute Gasteiger partial charge is 0.227 e. The summed E-state index contributed by atoms with van der Waals surface area (Å²) < 4.78 is 25.6. The molecule has 6 nitrogen and oxygen atoms in total. The zero-order valence-corrected chi connectivity index (χ0v) is 13.0. The van der Waals surface area contributed by atoms with Gasteiger partial charge in [-0.05, 0) is 39.2 Å². The van der Waals surface area contributed by atoms with Crippen molar-refractivity contribution in [1.29, 1.82) is 0 Å². The molecule has 1 amide bonds. The molecule has 2 saturated heterocycles. The van der Waals surface area contributed by atoms with Crippen LogP contribution in [0.1, 0.15) is 32.6 Å². The number of piperidine rings is 1. The Kier molecular flexibility index (Phi) is 5.04. The van der Waals surface area contributed by atoms with Crippen LogP contribution in [0.25, 0.3) is 0 Å².